The topological polar surface area (TPSA) is 146 Å². The van der Waals surface area contributed by atoms with Crippen molar-refractivity contribution in [3.05, 3.63) is 48.4 Å². The average Bonchev–Trinajstić information content (AvgIpc) is 3.50. The number of nitrogens with one attached hydrogen (secondary N) is 2. The molecule has 0 saturated heterocycles. The van der Waals surface area contributed by atoms with E-state index in [4.69, 9.17) is 29.2 Å². The summed E-state index contributed by atoms with van der Waals surface area (Å²) in [4.78, 5) is 25.8. The molecule has 4 aromatic rings. The van der Waals surface area contributed by atoms with Crippen molar-refractivity contribution < 1.29 is 24.1 Å². The first-order valence-electron chi connectivity index (χ1n) is 13.9. The third kappa shape index (κ3) is 7.43. The van der Waals surface area contributed by atoms with Crippen LogP contribution in [0.2, 0.25) is 0 Å². The number of nitrogens with zero attached hydrogens (tertiary/aromatic N) is 5. The molecule has 0 fully saturated rings. The van der Waals surface area contributed by atoms with Gasteiger partial charge in [-0.05, 0) is 31.5 Å². The highest BCUT2D eigenvalue weighted by molar-refractivity contribution is 5.89. The van der Waals surface area contributed by atoms with Gasteiger partial charge in [-0.3, -0.25) is 14.5 Å². The molecule has 0 aliphatic heterocycles. The molecule has 1 atom stereocenters. The Morgan fingerprint density at radius 3 is 2.64 bits per heavy atom. The molecule has 1 aromatic carbocycles. The van der Waals surface area contributed by atoms with Gasteiger partial charge < -0.3 is 30.0 Å². The smallest absolute Gasteiger partial charge is 0.307 e. The Hall–Kier alpha value is -4.45. The average molecular weight is 578 g/mol. The van der Waals surface area contributed by atoms with Crippen LogP contribution in [-0.4, -0.2) is 69.3 Å². The third-order valence-electron chi connectivity index (χ3n) is 7.06. The number of unbranched alkanes of at least 4 members (excludes halogenated alkanes) is 1. The van der Waals surface area contributed by atoms with Crippen LogP contribution in [0.1, 0.15) is 45.1 Å². The molecule has 0 radical (unpaired) electrons. The van der Waals surface area contributed by atoms with Gasteiger partial charge in [0.2, 0.25) is 5.95 Å². The van der Waals surface area contributed by atoms with E-state index in [1.807, 2.05) is 37.4 Å². The van der Waals surface area contributed by atoms with Gasteiger partial charge in [0, 0.05) is 41.7 Å². The Bertz CT molecular complexity index is 1510. The monoisotopic (exact) mass is 577 g/mol. The van der Waals surface area contributed by atoms with Crippen molar-refractivity contribution in [3.8, 4) is 22.6 Å². The lowest BCUT2D eigenvalue weighted by Crippen LogP contribution is -2.39. The summed E-state index contributed by atoms with van der Waals surface area (Å²) in [5.74, 6) is 2.01. The SMILES string of the molecule is CCCC[C@](C)(CO)Nc1nc(NCc2ccc(OC)cc2OC)nc2cc(-c3cnn(CCC(=O)OC)c3)cnc12. The summed E-state index contributed by atoms with van der Waals surface area (Å²) in [6.45, 7) is 4.85. The van der Waals surface area contributed by atoms with Crippen molar-refractivity contribution >= 4 is 28.8 Å². The first kappa shape index (κ1) is 30.5. The lowest BCUT2D eigenvalue weighted by atomic mass is 9.96. The zero-order valence-corrected chi connectivity index (χ0v) is 24.8. The number of aryl methyl sites for hydroxylation is 1. The molecule has 12 nitrogen and oxygen atoms in total. The molecule has 0 unspecified atom stereocenters. The molecule has 0 saturated carbocycles. The number of hydrogen-bond donors (Lipinski definition) is 3. The summed E-state index contributed by atoms with van der Waals surface area (Å²) in [5.41, 5.74) is 3.17. The summed E-state index contributed by atoms with van der Waals surface area (Å²) in [7, 11) is 4.59. The van der Waals surface area contributed by atoms with Crippen LogP contribution in [0, 0.1) is 0 Å². The quantitative estimate of drug-likeness (QED) is 0.172. The van der Waals surface area contributed by atoms with Gasteiger partial charge >= 0.3 is 5.97 Å². The fraction of sp³-hybridized carbons (Fsp3) is 0.433. The molecule has 42 heavy (non-hydrogen) atoms. The highest BCUT2D eigenvalue weighted by Gasteiger charge is 2.25. The van der Waals surface area contributed by atoms with Crippen molar-refractivity contribution in [1.29, 1.82) is 0 Å². The molecule has 3 N–H and O–H groups in total. The first-order chi connectivity index (χ1) is 20.3. The zero-order valence-electron chi connectivity index (χ0n) is 24.8. The van der Waals surface area contributed by atoms with Gasteiger partial charge in [0.05, 0.1) is 58.2 Å². The van der Waals surface area contributed by atoms with Gasteiger partial charge in [-0.1, -0.05) is 19.8 Å². The number of fused-ring (bicyclic) bond motifs is 1. The lowest BCUT2D eigenvalue weighted by molar-refractivity contribution is -0.140. The number of hydrogen-bond acceptors (Lipinski definition) is 11. The van der Waals surface area contributed by atoms with Crippen molar-refractivity contribution in [2.45, 2.75) is 58.2 Å². The number of aromatic nitrogens is 5. The fourth-order valence-corrected chi connectivity index (χ4v) is 4.49. The van der Waals surface area contributed by atoms with Crippen LogP contribution in [0.25, 0.3) is 22.2 Å². The zero-order chi connectivity index (χ0) is 30.1. The van der Waals surface area contributed by atoms with Gasteiger partial charge in [0.15, 0.2) is 5.82 Å². The van der Waals surface area contributed by atoms with Crippen molar-refractivity contribution in [1.82, 2.24) is 24.7 Å². The van der Waals surface area contributed by atoms with Crippen LogP contribution >= 0.6 is 0 Å². The van der Waals surface area contributed by atoms with E-state index in [2.05, 4.69) is 22.7 Å². The molecule has 3 aromatic heterocycles. The van der Waals surface area contributed by atoms with Crippen molar-refractivity contribution in [2.75, 3.05) is 38.6 Å². The molecule has 0 aliphatic rings. The number of methoxy groups -OCH3 is 3. The minimum absolute atomic E-state index is 0.0624. The van der Waals surface area contributed by atoms with Gasteiger partial charge in [-0.2, -0.15) is 10.1 Å². The number of carbonyl (C=O) groups excluding carboxylic acids is 1. The maximum Gasteiger partial charge on any atom is 0.307 e. The Labute approximate surface area is 245 Å². The van der Waals surface area contributed by atoms with Crippen LogP contribution in [0.3, 0.4) is 0 Å². The van der Waals surface area contributed by atoms with Crippen molar-refractivity contribution in [3.63, 3.8) is 0 Å². The summed E-state index contributed by atoms with van der Waals surface area (Å²) in [5, 5.41) is 21.4. The summed E-state index contributed by atoms with van der Waals surface area (Å²) in [6.07, 6.45) is 8.28. The van der Waals surface area contributed by atoms with Crippen LogP contribution < -0.4 is 20.1 Å². The fourth-order valence-electron chi connectivity index (χ4n) is 4.49. The van der Waals surface area contributed by atoms with Crippen LogP contribution in [0.4, 0.5) is 11.8 Å². The largest absolute Gasteiger partial charge is 0.497 e. The van der Waals surface area contributed by atoms with E-state index in [0.717, 1.165) is 36.0 Å². The van der Waals surface area contributed by atoms with Gasteiger partial charge in [0.1, 0.15) is 17.0 Å². The first-order valence-corrected chi connectivity index (χ1v) is 13.9. The number of ether oxygens (including phenoxy) is 3. The molecule has 224 valence electrons. The Morgan fingerprint density at radius 2 is 1.93 bits per heavy atom. The number of anilines is 2. The number of pyridine rings is 1. The molecule has 4 rings (SSSR count). The predicted octanol–water partition coefficient (Wildman–Crippen LogP) is 4.43. The minimum Gasteiger partial charge on any atom is -0.497 e. The van der Waals surface area contributed by atoms with E-state index in [-0.39, 0.29) is 19.0 Å². The lowest BCUT2D eigenvalue weighted by Gasteiger charge is -2.29. The standard InChI is InChI=1S/C30H39N7O5/c1-6-7-11-30(2,19-38)36-28-27-24(13-21(16-31-27)22-17-33-37(18-22)12-10-26(39)42-5)34-29(35-28)32-15-20-8-9-23(40-3)14-25(20)41-4/h8-9,13-14,16-18,38H,6-7,10-12,15,19H2,1-5H3,(H2,32,34,35,36)/t30-/m1/s1. The molecule has 0 spiro atoms. The second kappa shape index (κ2) is 13.9. The molecular formula is C30H39N7O5. The number of carbonyl (C=O) groups is 1. The normalized spacial score (nSPS) is 12.5. The maximum atomic E-state index is 11.5. The van der Waals surface area contributed by atoms with E-state index in [1.54, 1.807) is 31.3 Å². The number of benzene rings is 1. The Morgan fingerprint density at radius 1 is 1.10 bits per heavy atom. The minimum atomic E-state index is -0.588. The van der Waals surface area contributed by atoms with E-state index in [0.29, 0.717) is 47.4 Å². The highest BCUT2D eigenvalue weighted by atomic mass is 16.5. The van der Waals surface area contributed by atoms with E-state index < -0.39 is 5.54 Å². The van der Waals surface area contributed by atoms with Gasteiger partial charge in [0.25, 0.3) is 0 Å². The molecule has 12 heteroatoms. The molecule has 0 amide bonds. The maximum absolute atomic E-state index is 11.5. The third-order valence-corrected chi connectivity index (χ3v) is 7.06. The Balaban J connectivity index is 1.68. The van der Waals surface area contributed by atoms with Gasteiger partial charge in [-0.15, -0.1) is 0 Å². The molecule has 0 aliphatic carbocycles. The van der Waals surface area contributed by atoms with Crippen LogP contribution in [0.15, 0.2) is 42.9 Å². The number of esters is 1. The van der Waals surface area contributed by atoms with Crippen LogP contribution in [0.5, 0.6) is 11.5 Å². The number of aliphatic hydroxyl groups excluding tert-OH is 1. The number of aliphatic hydroxyl groups is 1. The summed E-state index contributed by atoms with van der Waals surface area (Å²) >= 11 is 0. The second-order valence-electron chi connectivity index (χ2n) is 10.3. The van der Waals surface area contributed by atoms with E-state index >= 15 is 0 Å². The van der Waals surface area contributed by atoms with Crippen LogP contribution in [-0.2, 0) is 22.6 Å². The molecule has 3 heterocycles. The van der Waals surface area contributed by atoms with Crippen molar-refractivity contribution in [2.24, 2.45) is 0 Å². The summed E-state index contributed by atoms with van der Waals surface area (Å²) < 4.78 is 17.3. The predicted molar refractivity (Wildman–Crippen MR) is 161 cm³/mol. The summed E-state index contributed by atoms with van der Waals surface area (Å²) in [6, 6.07) is 7.55. The highest BCUT2D eigenvalue weighted by Crippen LogP contribution is 2.30. The number of rotatable bonds is 15. The second-order valence-corrected chi connectivity index (χ2v) is 10.3. The Kier molecular flexibility index (Phi) is 10.1. The molecular weight excluding hydrogens is 538 g/mol. The van der Waals surface area contributed by atoms with Gasteiger partial charge in [-0.25, -0.2) is 4.98 Å². The van der Waals surface area contributed by atoms with E-state index in [9.17, 15) is 9.90 Å². The van der Waals surface area contributed by atoms with E-state index in [1.165, 1.54) is 7.11 Å². The molecule has 0 bridgehead atoms.